The van der Waals surface area contributed by atoms with Gasteiger partial charge >= 0.3 is 0 Å². The monoisotopic (exact) mass is 501 g/mol. The zero-order chi connectivity index (χ0) is 25.1. The van der Waals surface area contributed by atoms with Gasteiger partial charge in [0.25, 0.3) is 5.91 Å². The third-order valence-corrected chi connectivity index (χ3v) is 8.49. The Morgan fingerprint density at radius 1 is 1.08 bits per heavy atom. The van der Waals surface area contributed by atoms with Crippen LogP contribution in [0.15, 0.2) is 59.6 Å². The maximum absolute atomic E-state index is 13.5. The average molecular weight is 502 g/mol. The van der Waals surface area contributed by atoms with Crippen molar-refractivity contribution in [1.29, 1.82) is 0 Å². The normalized spacial score (nSPS) is 18.3. The van der Waals surface area contributed by atoms with Crippen molar-refractivity contribution < 1.29 is 9.53 Å². The number of nitrogens with zero attached hydrogens (tertiary/aromatic N) is 2. The molecule has 0 radical (unpaired) electrons. The van der Waals surface area contributed by atoms with Gasteiger partial charge in [0, 0.05) is 35.6 Å². The van der Waals surface area contributed by atoms with E-state index in [1.54, 1.807) is 11.3 Å². The van der Waals surface area contributed by atoms with E-state index in [0.29, 0.717) is 5.92 Å². The number of amides is 1. The Hall–Kier alpha value is -2.96. The molecule has 1 N–H and O–H groups in total. The van der Waals surface area contributed by atoms with Crippen molar-refractivity contribution >= 4 is 39.8 Å². The van der Waals surface area contributed by atoms with Crippen LogP contribution in [0.4, 0.5) is 16.4 Å². The number of rotatable bonds is 5. The Bertz CT molecular complexity index is 1220. The van der Waals surface area contributed by atoms with Crippen molar-refractivity contribution in [3.05, 3.63) is 76.2 Å². The number of carbonyl (C=O) groups excluding carboxylic acids is 1. The molecule has 1 saturated heterocycles. The van der Waals surface area contributed by atoms with Crippen LogP contribution in [0.1, 0.15) is 53.6 Å². The quantitative estimate of drug-likeness (QED) is 0.394. The van der Waals surface area contributed by atoms with Gasteiger partial charge in [-0.25, -0.2) is 4.99 Å². The van der Waals surface area contributed by atoms with Crippen molar-refractivity contribution in [2.75, 3.05) is 36.5 Å². The molecule has 1 aliphatic heterocycles. The molecule has 2 aromatic carbocycles. The Kier molecular flexibility index (Phi) is 7.26. The average Bonchev–Trinajstić information content (AvgIpc) is 3.26. The molecule has 6 heteroatoms. The highest BCUT2D eigenvalue weighted by Crippen LogP contribution is 2.45. The minimum atomic E-state index is -0.0669. The Morgan fingerprint density at radius 2 is 1.81 bits per heavy atom. The van der Waals surface area contributed by atoms with E-state index in [9.17, 15) is 4.79 Å². The first-order valence-corrected chi connectivity index (χ1v) is 13.7. The third-order valence-electron chi connectivity index (χ3n) is 7.33. The van der Waals surface area contributed by atoms with Gasteiger partial charge in [-0.15, -0.1) is 11.3 Å². The summed E-state index contributed by atoms with van der Waals surface area (Å²) < 4.78 is 5.47. The molecule has 36 heavy (non-hydrogen) atoms. The zero-order valence-corrected chi connectivity index (χ0v) is 22.2. The van der Waals surface area contributed by atoms with E-state index in [0.717, 1.165) is 67.4 Å². The predicted molar refractivity (Wildman–Crippen MR) is 150 cm³/mol. The van der Waals surface area contributed by atoms with Gasteiger partial charge in [-0.05, 0) is 66.0 Å². The first-order chi connectivity index (χ1) is 17.4. The van der Waals surface area contributed by atoms with E-state index >= 15 is 0 Å². The Morgan fingerprint density at radius 3 is 2.50 bits per heavy atom. The largest absolute Gasteiger partial charge is 0.378 e. The second-order valence-electron chi connectivity index (χ2n) is 10.8. The second-order valence-corrected chi connectivity index (χ2v) is 11.8. The molecular weight excluding hydrogens is 466 g/mol. The Balaban J connectivity index is 1.42. The summed E-state index contributed by atoms with van der Waals surface area (Å²) in [5.41, 5.74) is 5.22. The van der Waals surface area contributed by atoms with Gasteiger partial charge < -0.3 is 15.0 Å². The van der Waals surface area contributed by atoms with Crippen LogP contribution in [0.3, 0.4) is 0 Å². The number of benzene rings is 2. The number of nitrogens with one attached hydrogen (secondary N) is 1. The van der Waals surface area contributed by atoms with Crippen LogP contribution in [0, 0.1) is 11.3 Å². The first kappa shape index (κ1) is 24.7. The zero-order valence-electron chi connectivity index (χ0n) is 21.4. The highest BCUT2D eigenvalue weighted by Gasteiger charge is 2.33. The highest BCUT2D eigenvalue weighted by molar-refractivity contribution is 7.16. The minimum absolute atomic E-state index is 0.0669. The van der Waals surface area contributed by atoms with Crippen LogP contribution >= 0.6 is 11.3 Å². The summed E-state index contributed by atoms with van der Waals surface area (Å²) in [5, 5.41) is 3.90. The number of anilines is 2. The van der Waals surface area contributed by atoms with Crippen LogP contribution in [-0.4, -0.2) is 38.4 Å². The molecule has 0 spiro atoms. The highest BCUT2D eigenvalue weighted by atomic mass is 32.1. The lowest BCUT2D eigenvalue weighted by atomic mass is 9.72. The van der Waals surface area contributed by atoms with Crippen molar-refractivity contribution in [1.82, 2.24) is 0 Å². The van der Waals surface area contributed by atoms with E-state index < -0.39 is 0 Å². The number of aliphatic imine (C=N–C) groups is 1. The van der Waals surface area contributed by atoms with E-state index in [2.05, 4.69) is 55.3 Å². The molecule has 5 rings (SSSR count). The second kappa shape index (κ2) is 10.6. The summed E-state index contributed by atoms with van der Waals surface area (Å²) in [6.07, 6.45) is 4.93. The van der Waals surface area contributed by atoms with Crippen LogP contribution in [0.5, 0.6) is 0 Å². The fourth-order valence-corrected chi connectivity index (χ4v) is 6.35. The van der Waals surface area contributed by atoms with Crippen molar-refractivity contribution in [2.45, 2.75) is 40.0 Å². The molecule has 188 valence electrons. The van der Waals surface area contributed by atoms with Gasteiger partial charge in [0.15, 0.2) is 0 Å². The van der Waals surface area contributed by atoms with Gasteiger partial charge in [0.05, 0.1) is 18.8 Å². The van der Waals surface area contributed by atoms with Crippen LogP contribution < -0.4 is 10.2 Å². The lowest BCUT2D eigenvalue weighted by molar-refractivity contribution is 0.102. The van der Waals surface area contributed by atoms with Crippen LogP contribution in [0.25, 0.3) is 0 Å². The molecule has 0 unspecified atom stereocenters. The van der Waals surface area contributed by atoms with Gasteiger partial charge in [0.1, 0.15) is 5.00 Å². The number of fused-ring (bicyclic) bond motifs is 1. The van der Waals surface area contributed by atoms with Crippen LogP contribution in [0.2, 0.25) is 0 Å². The number of para-hydroxylation sites is 1. The number of ether oxygens (including phenoxy) is 1. The lowest BCUT2D eigenvalue weighted by Gasteiger charge is -2.33. The van der Waals surface area contributed by atoms with E-state index in [1.165, 1.54) is 16.1 Å². The summed E-state index contributed by atoms with van der Waals surface area (Å²) >= 11 is 1.68. The summed E-state index contributed by atoms with van der Waals surface area (Å²) in [6.45, 7) is 10.3. The molecule has 1 amide bonds. The SMILES string of the molecule is CC(C)(C)[C@@H]1CCc2c(sc(N=Cc3ccc(N4CCOCC4)cc3)c2C(=O)Nc2ccccc2)C1. The molecular formula is C30H35N3O2S. The summed E-state index contributed by atoms with van der Waals surface area (Å²) in [4.78, 5) is 22.0. The third kappa shape index (κ3) is 5.55. The maximum Gasteiger partial charge on any atom is 0.259 e. The standard InChI is InChI=1S/C30H35N3O2S/c1-30(2,3)22-11-14-25-26(19-22)36-29(27(25)28(34)32-23-7-5-4-6-8-23)31-20-21-9-12-24(13-10-21)33-15-17-35-18-16-33/h4-10,12-13,20,22H,11,14-19H2,1-3H3,(H,32,34)/t22-/m1/s1. The maximum atomic E-state index is 13.5. The van der Waals surface area contributed by atoms with E-state index in [1.807, 2.05) is 36.5 Å². The molecule has 5 nitrogen and oxygen atoms in total. The summed E-state index contributed by atoms with van der Waals surface area (Å²) in [6, 6.07) is 18.2. The number of thiophene rings is 1. The topological polar surface area (TPSA) is 53.9 Å². The molecule has 1 aliphatic carbocycles. The number of hydrogen-bond acceptors (Lipinski definition) is 5. The summed E-state index contributed by atoms with van der Waals surface area (Å²) in [7, 11) is 0. The number of carbonyl (C=O) groups is 1. The number of morpholine rings is 1. The van der Waals surface area contributed by atoms with Gasteiger partial charge in [0.2, 0.25) is 0 Å². The molecule has 3 aromatic rings. The van der Waals surface area contributed by atoms with Gasteiger partial charge in [-0.3, -0.25) is 4.79 Å². The lowest BCUT2D eigenvalue weighted by Crippen LogP contribution is -2.36. The van der Waals surface area contributed by atoms with Gasteiger partial charge in [-0.1, -0.05) is 51.1 Å². The predicted octanol–water partition coefficient (Wildman–Crippen LogP) is 6.74. The molecule has 1 atom stereocenters. The fourth-order valence-electron chi connectivity index (χ4n) is 5.08. The molecule has 1 aromatic heterocycles. The molecule has 0 saturated carbocycles. The first-order valence-electron chi connectivity index (χ1n) is 12.9. The van der Waals surface area contributed by atoms with Crippen molar-refractivity contribution in [2.24, 2.45) is 16.3 Å². The Labute approximate surface area is 218 Å². The minimum Gasteiger partial charge on any atom is -0.378 e. The van der Waals surface area contributed by atoms with Crippen molar-refractivity contribution in [3.8, 4) is 0 Å². The molecule has 2 heterocycles. The molecule has 1 fully saturated rings. The van der Waals surface area contributed by atoms with E-state index in [4.69, 9.17) is 9.73 Å². The smallest absolute Gasteiger partial charge is 0.259 e. The van der Waals surface area contributed by atoms with Crippen LogP contribution in [-0.2, 0) is 17.6 Å². The van der Waals surface area contributed by atoms with Crippen molar-refractivity contribution in [3.63, 3.8) is 0 Å². The number of hydrogen-bond donors (Lipinski definition) is 1. The molecule has 2 aliphatic rings. The fraction of sp³-hybridized carbons (Fsp3) is 0.400. The summed E-state index contributed by atoms with van der Waals surface area (Å²) in [5.74, 6) is 0.543. The molecule has 0 bridgehead atoms. The van der Waals surface area contributed by atoms with E-state index in [-0.39, 0.29) is 11.3 Å². The van der Waals surface area contributed by atoms with Gasteiger partial charge in [-0.2, -0.15) is 0 Å².